The number of aryl methyl sites for hydroxylation is 5. The summed E-state index contributed by atoms with van der Waals surface area (Å²) in [6.45, 7) is 11.3. The second kappa shape index (κ2) is 27.3. The summed E-state index contributed by atoms with van der Waals surface area (Å²) >= 11 is 2.37. The number of methoxy groups -OCH3 is 1. The van der Waals surface area contributed by atoms with Crippen molar-refractivity contribution >= 4 is 56.8 Å². The minimum atomic E-state index is -1.10. The van der Waals surface area contributed by atoms with E-state index < -0.39 is 24.3 Å². The van der Waals surface area contributed by atoms with Gasteiger partial charge in [-0.1, -0.05) is 112 Å². The summed E-state index contributed by atoms with van der Waals surface area (Å²) in [5.41, 5.74) is 18.9. The summed E-state index contributed by atoms with van der Waals surface area (Å²) in [6, 6.07) is 47.3. The second-order valence-electron chi connectivity index (χ2n) is 20.3. The molecule has 11 rings (SSSR count). The van der Waals surface area contributed by atoms with Crippen LogP contribution >= 0.6 is 22.6 Å². The summed E-state index contributed by atoms with van der Waals surface area (Å²) in [6.07, 6.45) is 9.92. The molecule has 17 heteroatoms. The third kappa shape index (κ3) is 13.8. The number of amides is 1. The third-order valence-electron chi connectivity index (χ3n) is 14.5. The number of aromatic nitrogens is 6. The molecule has 0 bridgehead atoms. The van der Waals surface area contributed by atoms with Crippen LogP contribution < -0.4 is 31.1 Å². The van der Waals surface area contributed by atoms with Crippen LogP contribution in [-0.4, -0.2) is 59.5 Å². The summed E-state index contributed by atoms with van der Waals surface area (Å²) in [7, 11) is 1.24. The van der Waals surface area contributed by atoms with Crippen molar-refractivity contribution < 1.29 is 33.3 Å². The number of esters is 1. The molecule has 4 N–H and O–H groups in total. The molecule has 0 spiro atoms. The molecule has 85 heavy (non-hydrogen) atoms. The molecular formula is C68H66IN7O9. The van der Waals surface area contributed by atoms with E-state index in [9.17, 15) is 24.0 Å². The first-order valence-electron chi connectivity index (χ1n) is 28.0. The Morgan fingerprint density at radius 2 is 1.02 bits per heavy atom. The van der Waals surface area contributed by atoms with Gasteiger partial charge in [0.25, 0.3) is 22.8 Å². The maximum Gasteiger partial charge on any atom is 0.343 e. The molecule has 5 aromatic carbocycles. The van der Waals surface area contributed by atoms with Crippen LogP contribution in [0.4, 0.5) is 0 Å². The molecule has 0 radical (unpaired) electrons. The van der Waals surface area contributed by atoms with Gasteiger partial charge in [-0.25, -0.2) is 9.78 Å². The number of hydrogen-bond acceptors (Lipinski definition) is 10. The number of carbonyl (C=O) groups excluding carboxylic acids is 3. The fourth-order valence-electron chi connectivity index (χ4n) is 10.4. The standard InChI is InChI=1S/C28H27N3O6.C23H22N2O2.C17H17IN2O/c1-4-20-21(14-18-10-8-9-13-22(18)37-19-11-6-5-7-12-19)31-15-17(2)30-28(36-16-23(32)35-3)25(31)24(20)26(33)27(29)34;1-3-17-13-21-23(26)24-16(2)15-25(21)20(17)14-18-9-7-8-12-22(18)27-19-10-5-4-6-11-19;1-3-12-8-16-17(21)19-11(2)10-20(16)15(12)9-13-6-4-5-7-14(13)18/h5-13,15H,4,14,16H2,1-3H3,(H2,29,34);4-13,15H,3,14H2,1-2H3,(H,24,26);4-8,10H,3,9H2,1-2H3,(H,19,21). The number of hydrogen-bond donors (Lipinski definition) is 3. The molecule has 0 saturated carbocycles. The number of para-hydroxylation sites is 4. The number of carbonyl (C=O) groups is 3. The number of halogens is 1. The van der Waals surface area contributed by atoms with Crippen LogP contribution in [0, 0.1) is 24.3 Å². The lowest BCUT2D eigenvalue weighted by molar-refractivity contribution is -0.143. The summed E-state index contributed by atoms with van der Waals surface area (Å²) in [4.78, 5) is 71.5. The number of fused-ring (bicyclic) bond motifs is 3. The van der Waals surface area contributed by atoms with Gasteiger partial charge < -0.3 is 47.9 Å². The lowest BCUT2D eigenvalue weighted by atomic mass is 9.99. The molecule has 11 aromatic rings. The molecule has 6 aromatic heterocycles. The Kier molecular flexibility index (Phi) is 19.3. The van der Waals surface area contributed by atoms with Crippen molar-refractivity contribution in [2.24, 2.45) is 5.73 Å². The van der Waals surface area contributed by atoms with Gasteiger partial charge in [0.1, 0.15) is 39.5 Å². The largest absolute Gasteiger partial charge is 0.466 e. The van der Waals surface area contributed by atoms with Crippen molar-refractivity contribution in [1.82, 2.24) is 28.2 Å². The van der Waals surface area contributed by atoms with E-state index in [1.165, 1.54) is 33.1 Å². The summed E-state index contributed by atoms with van der Waals surface area (Å²) in [5, 5.41) is 0. The lowest BCUT2D eigenvalue weighted by Gasteiger charge is -2.13. The number of ketones is 1. The second-order valence-corrected chi connectivity index (χ2v) is 21.4. The van der Waals surface area contributed by atoms with E-state index in [4.69, 9.17) is 19.9 Å². The Labute approximate surface area is 505 Å². The highest BCUT2D eigenvalue weighted by Gasteiger charge is 2.30. The zero-order valence-corrected chi connectivity index (χ0v) is 50.6. The molecule has 0 unspecified atom stereocenters. The number of nitrogens with two attached hydrogens (primary N) is 1. The van der Waals surface area contributed by atoms with Gasteiger partial charge in [0.15, 0.2) is 6.61 Å². The molecule has 434 valence electrons. The normalized spacial score (nSPS) is 11.0. The number of aromatic amines is 2. The smallest absolute Gasteiger partial charge is 0.343 e. The first-order valence-corrected chi connectivity index (χ1v) is 29.0. The topological polar surface area (TPSA) is 206 Å². The Morgan fingerprint density at radius 1 is 0.565 bits per heavy atom. The van der Waals surface area contributed by atoms with E-state index in [1.807, 2.05) is 153 Å². The zero-order chi connectivity index (χ0) is 60.3. The van der Waals surface area contributed by atoms with Crippen molar-refractivity contribution in [3.63, 3.8) is 0 Å². The number of primary amides is 1. The van der Waals surface area contributed by atoms with Gasteiger partial charge in [0, 0.05) is 81.0 Å². The molecule has 0 aliphatic rings. The van der Waals surface area contributed by atoms with Gasteiger partial charge in [-0.15, -0.1) is 0 Å². The van der Waals surface area contributed by atoms with E-state index in [0.717, 1.165) is 70.2 Å². The number of ether oxygens (including phenoxy) is 4. The Balaban J connectivity index is 0.000000159. The van der Waals surface area contributed by atoms with Crippen molar-refractivity contribution in [1.29, 1.82) is 0 Å². The van der Waals surface area contributed by atoms with E-state index in [1.54, 1.807) is 17.5 Å². The highest BCUT2D eigenvalue weighted by molar-refractivity contribution is 14.1. The minimum absolute atomic E-state index is 0.0151. The molecule has 0 atom stereocenters. The monoisotopic (exact) mass is 1250 g/mol. The molecule has 0 aliphatic carbocycles. The zero-order valence-electron chi connectivity index (χ0n) is 48.5. The number of benzene rings is 5. The van der Waals surface area contributed by atoms with E-state index in [0.29, 0.717) is 47.5 Å². The summed E-state index contributed by atoms with van der Waals surface area (Å²) < 4.78 is 29.7. The average Bonchev–Trinajstić information content (AvgIpc) is 1.83. The van der Waals surface area contributed by atoms with Gasteiger partial charge in [0.05, 0.1) is 18.4 Å². The van der Waals surface area contributed by atoms with Crippen LogP contribution in [0.3, 0.4) is 0 Å². The first-order chi connectivity index (χ1) is 41.1. The fraction of sp³-hybridized carbons (Fsp3) is 0.206. The molecular weight excluding hydrogens is 1190 g/mol. The van der Waals surface area contributed by atoms with Gasteiger partial charge in [-0.3, -0.25) is 19.2 Å². The molecule has 0 aliphatic heterocycles. The average molecular weight is 1250 g/mol. The summed E-state index contributed by atoms with van der Waals surface area (Å²) in [5.74, 6) is 0.456. The van der Waals surface area contributed by atoms with Crippen LogP contribution in [-0.2, 0) is 52.9 Å². The van der Waals surface area contributed by atoms with Gasteiger partial charge in [-0.05, 0) is 139 Å². The predicted molar refractivity (Wildman–Crippen MR) is 338 cm³/mol. The number of nitrogens with one attached hydrogen (secondary N) is 2. The van der Waals surface area contributed by atoms with Crippen LogP contribution in [0.2, 0.25) is 0 Å². The van der Waals surface area contributed by atoms with Crippen LogP contribution in [0.1, 0.15) is 98.7 Å². The lowest BCUT2D eigenvalue weighted by Crippen LogP contribution is -2.24. The first kappa shape index (κ1) is 60.1. The van der Waals surface area contributed by atoms with E-state index in [2.05, 4.69) is 90.9 Å². The maximum absolute atomic E-state index is 13.1. The number of rotatable bonds is 18. The van der Waals surface area contributed by atoms with Crippen LogP contribution in [0.25, 0.3) is 16.6 Å². The maximum atomic E-state index is 13.1. The van der Waals surface area contributed by atoms with E-state index >= 15 is 0 Å². The quantitative estimate of drug-likeness (QED) is 0.0321. The minimum Gasteiger partial charge on any atom is -0.466 e. The molecule has 0 saturated heterocycles. The van der Waals surface area contributed by atoms with Crippen molar-refractivity contribution in [2.45, 2.75) is 80.1 Å². The molecule has 1 amide bonds. The fourth-order valence-corrected chi connectivity index (χ4v) is 11.0. The van der Waals surface area contributed by atoms with E-state index in [-0.39, 0.29) is 28.1 Å². The predicted octanol–water partition coefficient (Wildman–Crippen LogP) is 12.4. The SMILES string of the molecule is CCc1c(C(=O)C(N)=O)c2c(OCC(=O)OC)nc(C)cn2c1Cc1ccccc1Oc1ccccc1.CCc1cc2c(=O)[nH]c(C)cn2c1Cc1ccccc1I.CCc1cc2c(=O)[nH]c(C)cn2c1Cc1ccccc1Oc1ccccc1. The van der Waals surface area contributed by atoms with Crippen molar-refractivity contribution in [3.05, 3.63) is 262 Å². The number of H-pyrrole nitrogens is 2. The molecule has 16 nitrogen and oxygen atoms in total. The van der Waals surface area contributed by atoms with Gasteiger partial charge in [-0.2, -0.15) is 0 Å². The Bertz CT molecular complexity index is 4350. The van der Waals surface area contributed by atoms with Gasteiger partial charge in [0.2, 0.25) is 5.88 Å². The van der Waals surface area contributed by atoms with Gasteiger partial charge >= 0.3 is 5.97 Å². The third-order valence-corrected chi connectivity index (χ3v) is 15.5. The number of Topliss-reactive ketones (excluding diaryl/α,β-unsaturated/α-hetero) is 1. The highest BCUT2D eigenvalue weighted by atomic mass is 127. The highest BCUT2D eigenvalue weighted by Crippen LogP contribution is 2.36. The van der Waals surface area contributed by atoms with Crippen LogP contribution in [0.5, 0.6) is 28.9 Å². The van der Waals surface area contributed by atoms with Crippen LogP contribution in [0.15, 0.2) is 174 Å². The molecule has 6 heterocycles. The Hall–Kier alpha value is -9.49. The Morgan fingerprint density at radius 3 is 1.49 bits per heavy atom. The van der Waals surface area contributed by atoms with Crippen molar-refractivity contribution in [2.75, 3.05) is 13.7 Å². The van der Waals surface area contributed by atoms with Crippen molar-refractivity contribution in [3.8, 4) is 28.9 Å². The molecule has 0 fully saturated rings. The number of nitrogens with zero attached hydrogens (tertiary/aromatic N) is 4.